The standard InChI is InChI=1S/C24H31F3INO2/c1-6-20(22(30)29-28)16(3)21-12-7-17(13-15(21)2)14-31-19-10-8-18(9-11-19)23(4,5)24(25,26)27/h8-11,17,21H,2,6-7,12-14H2,1,3-5H3,(H,29,30)/b20-16+. The van der Waals surface area contributed by atoms with E-state index in [1.807, 2.05) is 36.7 Å². The normalized spacial score (nSPS) is 20.8. The highest BCUT2D eigenvalue weighted by molar-refractivity contribution is 14.1. The van der Waals surface area contributed by atoms with Gasteiger partial charge in [0.05, 0.1) is 34.9 Å². The van der Waals surface area contributed by atoms with E-state index in [1.165, 1.54) is 26.0 Å². The van der Waals surface area contributed by atoms with Gasteiger partial charge in [-0.1, -0.05) is 36.8 Å². The van der Waals surface area contributed by atoms with Gasteiger partial charge in [0.15, 0.2) is 0 Å². The van der Waals surface area contributed by atoms with Crippen LogP contribution in [0, 0.1) is 11.8 Å². The van der Waals surface area contributed by atoms with Gasteiger partial charge in [-0.05, 0) is 70.1 Å². The summed E-state index contributed by atoms with van der Waals surface area (Å²) in [5.74, 6) is 1.02. The van der Waals surface area contributed by atoms with Crippen molar-refractivity contribution in [2.24, 2.45) is 11.8 Å². The number of carbonyl (C=O) groups excluding carboxylic acids is 1. The van der Waals surface area contributed by atoms with Crippen LogP contribution in [0.5, 0.6) is 5.75 Å². The Morgan fingerprint density at radius 1 is 1.23 bits per heavy atom. The maximum absolute atomic E-state index is 13.2. The number of halogens is 4. The SMILES string of the molecule is C=C1CC(COc2ccc(C(C)(C)C(F)(F)F)cc2)CCC1/C(C)=C(\CC)C(=O)NI. The molecule has 0 aromatic heterocycles. The third-order valence-electron chi connectivity index (χ3n) is 6.39. The minimum atomic E-state index is -4.31. The van der Waals surface area contributed by atoms with Crippen molar-refractivity contribution in [2.75, 3.05) is 6.61 Å². The van der Waals surface area contributed by atoms with Gasteiger partial charge in [-0.15, -0.1) is 0 Å². The third kappa shape index (κ3) is 6.05. The summed E-state index contributed by atoms with van der Waals surface area (Å²) in [6, 6.07) is 6.17. The maximum Gasteiger partial charge on any atom is 0.397 e. The van der Waals surface area contributed by atoms with Gasteiger partial charge in [0.1, 0.15) is 5.75 Å². The molecule has 7 heteroatoms. The molecule has 1 aromatic carbocycles. The minimum Gasteiger partial charge on any atom is -0.493 e. The first kappa shape index (κ1) is 25.7. The highest BCUT2D eigenvalue weighted by Gasteiger charge is 2.48. The quantitative estimate of drug-likeness (QED) is 0.171. The van der Waals surface area contributed by atoms with E-state index in [1.54, 1.807) is 12.1 Å². The Morgan fingerprint density at radius 3 is 2.32 bits per heavy atom. The molecular formula is C24H31F3INO2. The van der Waals surface area contributed by atoms with Crippen LogP contribution in [0.3, 0.4) is 0 Å². The molecule has 1 aliphatic rings. The zero-order chi connectivity index (χ0) is 23.4. The summed E-state index contributed by atoms with van der Waals surface area (Å²) in [6.07, 6.45) is -0.962. The predicted molar refractivity (Wildman–Crippen MR) is 126 cm³/mol. The topological polar surface area (TPSA) is 38.3 Å². The van der Waals surface area contributed by atoms with Crippen molar-refractivity contribution in [1.29, 1.82) is 0 Å². The Bertz CT molecular complexity index is 828. The summed E-state index contributed by atoms with van der Waals surface area (Å²) in [4.78, 5) is 12.1. The predicted octanol–water partition coefficient (Wildman–Crippen LogP) is 7.07. The Hall–Kier alpha value is -1.51. The van der Waals surface area contributed by atoms with Crippen LogP contribution in [0.25, 0.3) is 0 Å². The first-order valence-electron chi connectivity index (χ1n) is 10.5. The average Bonchev–Trinajstić information content (AvgIpc) is 2.72. The van der Waals surface area contributed by atoms with E-state index in [2.05, 4.69) is 10.1 Å². The number of hydrogen-bond donors (Lipinski definition) is 1. The lowest BCUT2D eigenvalue weighted by Crippen LogP contribution is -2.36. The van der Waals surface area contributed by atoms with E-state index in [9.17, 15) is 18.0 Å². The van der Waals surface area contributed by atoms with Gasteiger partial charge in [0.2, 0.25) is 0 Å². The molecule has 172 valence electrons. The molecule has 3 nitrogen and oxygen atoms in total. The van der Waals surface area contributed by atoms with Crippen LogP contribution in [-0.4, -0.2) is 18.7 Å². The second-order valence-electron chi connectivity index (χ2n) is 8.76. The van der Waals surface area contributed by atoms with Crippen LogP contribution in [0.15, 0.2) is 47.6 Å². The van der Waals surface area contributed by atoms with Crippen molar-refractivity contribution in [3.63, 3.8) is 0 Å². The number of amides is 1. The molecule has 0 saturated heterocycles. The zero-order valence-electron chi connectivity index (χ0n) is 18.5. The lowest BCUT2D eigenvalue weighted by molar-refractivity contribution is -0.180. The smallest absolute Gasteiger partial charge is 0.397 e. The summed E-state index contributed by atoms with van der Waals surface area (Å²) in [5.41, 5.74) is 1.32. The molecule has 1 fully saturated rings. The Balaban J connectivity index is 1.97. The van der Waals surface area contributed by atoms with Crippen molar-refractivity contribution in [2.45, 2.75) is 65.0 Å². The van der Waals surface area contributed by atoms with E-state index in [0.717, 1.165) is 36.0 Å². The molecule has 1 N–H and O–H groups in total. The molecule has 1 aliphatic carbocycles. The van der Waals surface area contributed by atoms with Gasteiger partial charge in [-0.3, -0.25) is 8.32 Å². The number of hydrogen-bond acceptors (Lipinski definition) is 2. The molecule has 0 radical (unpaired) electrons. The number of allylic oxidation sites excluding steroid dienone is 2. The summed E-state index contributed by atoms with van der Waals surface area (Å²) in [5, 5.41) is 0. The average molecular weight is 549 g/mol. The van der Waals surface area contributed by atoms with E-state index < -0.39 is 11.6 Å². The second kappa shape index (κ2) is 10.4. The van der Waals surface area contributed by atoms with Crippen molar-refractivity contribution >= 4 is 28.8 Å². The maximum atomic E-state index is 13.2. The fourth-order valence-electron chi connectivity index (χ4n) is 4.12. The molecule has 0 bridgehead atoms. The Morgan fingerprint density at radius 2 is 1.84 bits per heavy atom. The highest BCUT2D eigenvalue weighted by Crippen LogP contribution is 2.41. The number of alkyl halides is 3. The van der Waals surface area contributed by atoms with Gasteiger partial charge in [0.25, 0.3) is 5.91 Å². The molecule has 2 rings (SSSR count). The number of rotatable bonds is 7. The van der Waals surface area contributed by atoms with Gasteiger partial charge in [-0.2, -0.15) is 13.2 Å². The van der Waals surface area contributed by atoms with E-state index in [-0.39, 0.29) is 17.4 Å². The molecule has 31 heavy (non-hydrogen) atoms. The number of nitrogens with one attached hydrogen (secondary N) is 1. The molecule has 0 aliphatic heterocycles. The third-order valence-corrected chi connectivity index (χ3v) is 6.88. The van der Waals surface area contributed by atoms with Crippen molar-refractivity contribution in [3.8, 4) is 5.75 Å². The van der Waals surface area contributed by atoms with Crippen LogP contribution in [-0.2, 0) is 10.2 Å². The number of carbonyl (C=O) groups is 1. The van der Waals surface area contributed by atoms with E-state index >= 15 is 0 Å². The summed E-state index contributed by atoms with van der Waals surface area (Å²) in [7, 11) is 0. The lowest BCUT2D eigenvalue weighted by Gasteiger charge is -2.32. The van der Waals surface area contributed by atoms with Crippen molar-refractivity contribution < 1.29 is 22.7 Å². The molecule has 1 aromatic rings. The van der Waals surface area contributed by atoms with Crippen LogP contribution in [0.1, 0.15) is 58.9 Å². The molecule has 2 unspecified atom stereocenters. The minimum absolute atomic E-state index is 0.0454. The molecule has 1 amide bonds. The van der Waals surface area contributed by atoms with Crippen LogP contribution in [0.4, 0.5) is 13.2 Å². The molecule has 1 saturated carbocycles. The van der Waals surface area contributed by atoms with Gasteiger partial charge in [0, 0.05) is 11.5 Å². The van der Waals surface area contributed by atoms with E-state index in [0.29, 0.717) is 24.7 Å². The van der Waals surface area contributed by atoms with Crippen LogP contribution < -0.4 is 8.27 Å². The van der Waals surface area contributed by atoms with Gasteiger partial charge in [-0.25, -0.2) is 0 Å². The largest absolute Gasteiger partial charge is 0.493 e. The number of benzene rings is 1. The zero-order valence-corrected chi connectivity index (χ0v) is 20.7. The fraction of sp³-hybridized carbons (Fsp3) is 0.542. The monoisotopic (exact) mass is 549 g/mol. The molecular weight excluding hydrogens is 518 g/mol. The van der Waals surface area contributed by atoms with E-state index in [4.69, 9.17) is 4.74 Å². The molecule has 2 atom stereocenters. The highest BCUT2D eigenvalue weighted by atomic mass is 127. The molecule has 0 spiro atoms. The van der Waals surface area contributed by atoms with Crippen LogP contribution >= 0.6 is 22.9 Å². The van der Waals surface area contributed by atoms with Crippen LogP contribution in [0.2, 0.25) is 0 Å². The molecule has 0 heterocycles. The van der Waals surface area contributed by atoms with Gasteiger partial charge >= 0.3 is 6.18 Å². The number of ether oxygens (including phenoxy) is 1. The first-order valence-corrected chi connectivity index (χ1v) is 11.6. The second-order valence-corrected chi connectivity index (χ2v) is 9.29. The Kier molecular flexibility index (Phi) is 8.64. The fourth-order valence-corrected chi connectivity index (χ4v) is 4.44. The summed E-state index contributed by atoms with van der Waals surface area (Å²) >= 11 is 1.86. The van der Waals surface area contributed by atoms with Gasteiger partial charge < -0.3 is 4.74 Å². The van der Waals surface area contributed by atoms with Crippen molar-refractivity contribution in [1.82, 2.24) is 3.53 Å². The summed E-state index contributed by atoms with van der Waals surface area (Å²) in [6.45, 7) is 11.1. The Labute approximate surface area is 197 Å². The van der Waals surface area contributed by atoms with Crippen molar-refractivity contribution in [3.05, 3.63) is 53.1 Å². The summed E-state index contributed by atoms with van der Waals surface area (Å²) < 4.78 is 48.2. The lowest BCUT2D eigenvalue weighted by atomic mass is 9.74. The first-order chi connectivity index (χ1) is 14.4.